The predicted molar refractivity (Wildman–Crippen MR) is 46.3 cm³/mol. The molecule has 3 heteroatoms. The van der Waals surface area contributed by atoms with Crippen LogP contribution in [0.2, 0.25) is 0 Å². The van der Waals surface area contributed by atoms with Gasteiger partial charge in [0.2, 0.25) is 0 Å². The van der Waals surface area contributed by atoms with Crippen molar-refractivity contribution in [2.24, 2.45) is 0 Å². The molecule has 0 fully saturated rings. The summed E-state index contributed by atoms with van der Waals surface area (Å²) in [6.07, 6.45) is 4.00. The maximum Gasteiger partial charge on any atom is 1.00 e. The van der Waals surface area contributed by atoms with Gasteiger partial charge in [-0.25, -0.2) is 0 Å². The number of hydrogen-bond donors (Lipinski definition) is 1. The molecule has 0 aromatic rings. The largest absolute Gasteiger partial charge is 1.00 e. The Morgan fingerprint density at radius 3 is 1.80 bits per heavy atom. The van der Waals surface area contributed by atoms with Gasteiger partial charge in [0.05, 0.1) is 0 Å². The molecular weight excluding hydrogens is 151 g/mol. The van der Waals surface area contributed by atoms with E-state index in [9.17, 15) is 0 Å². The Morgan fingerprint density at radius 1 is 1.30 bits per heavy atom. The molecule has 0 aromatic carbocycles. The van der Waals surface area contributed by atoms with Gasteiger partial charge in [-0.1, -0.05) is 19.8 Å². The van der Waals surface area contributed by atoms with Crippen LogP contribution in [0.15, 0.2) is 0 Å². The number of unbranched alkanes of at least 4 members (excludes halogenated alkanes) is 1. The Hall–Kier alpha value is 1.18. The minimum Gasteiger partial charge on any atom is -0.442 e. The van der Waals surface area contributed by atoms with Crippen LogP contribution in [0.4, 0.5) is 0 Å². The van der Waals surface area contributed by atoms with E-state index in [4.69, 9.17) is 4.80 Å². The summed E-state index contributed by atoms with van der Waals surface area (Å²) in [4.78, 5) is 7.14. The molecule has 0 bridgehead atoms. The van der Waals surface area contributed by atoms with Gasteiger partial charge in [0.15, 0.2) is 0 Å². The molecule has 0 saturated heterocycles. The molecule has 0 saturated carbocycles. The van der Waals surface area contributed by atoms with Crippen molar-refractivity contribution in [1.82, 2.24) is 0 Å². The molecule has 0 radical (unpaired) electrons. The quantitative estimate of drug-likeness (QED) is 0.386. The summed E-state index contributed by atoms with van der Waals surface area (Å²) in [5.41, 5.74) is 0. The normalized spacial score (nSPS) is 8.10. The Kier molecular flexibility index (Phi) is 28.8. The molecule has 0 aliphatic rings. The average Bonchev–Trinajstić information content (AvgIpc) is 1.88. The first-order valence-corrected chi connectivity index (χ1v) is 4.40. The van der Waals surface area contributed by atoms with E-state index < -0.39 is 0 Å². The molecule has 1 nitrogen and oxygen atoms in total. The van der Waals surface area contributed by atoms with Crippen LogP contribution in [0.1, 0.15) is 40.0 Å². The summed E-state index contributed by atoms with van der Waals surface area (Å²) in [6, 6.07) is 0. The smallest absolute Gasteiger partial charge is 0.442 e. The number of rotatable bonds is 3. The van der Waals surface area contributed by atoms with E-state index in [-0.39, 0.29) is 29.6 Å². The zero-order chi connectivity index (χ0) is 7.70. The Bertz CT molecular complexity index is 42.6. The van der Waals surface area contributed by atoms with Crippen LogP contribution in [-0.2, 0) is 0 Å². The van der Waals surface area contributed by atoms with Crippen molar-refractivity contribution in [2.45, 2.75) is 40.0 Å². The topological polar surface area (TPSA) is 20.2 Å². The summed E-state index contributed by atoms with van der Waals surface area (Å²) in [5, 5.41) is 0. The van der Waals surface area contributed by atoms with Crippen molar-refractivity contribution < 1.29 is 34.4 Å². The molecule has 0 aliphatic carbocycles. The second kappa shape index (κ2) is 16.6. The van der Waals surface area contributed by atoms with Gasteiger partial charge < -0.3 is 10.7 Å². The molecule has 10 heavy (non-hydrogen) atoms. The molecule has 0 unspecified atom stereocenters. The van der Waals surface area contributed by atoms with Crippen LogP contribution in [0.3, 0.4) is 0 Å². The van der Waals surface area contributed by atoms with E-state index in [1.807, 2.05) is 0 Å². The SMILES string of the molecule is CCCC[C-](C)C.O[SiH3].[Na+]. The molecule has 0 aliphatic heterocycles. The fraction of sp³-hybridized carbons (Fsp3) is 0.857. The van der Waals surface area contributed by atoms with Crippen molar-refractivity contribution in [1.29, 1.82) is 0 Å². The zero-order valence-corrected chi connectivity index (χ0v) is 12.1. The minimum atomic E-state index is 0. The zero-order valence-electron chi connectivity index (χ0n) is 8.07. The first-order valence-electron chi connectivity index (χ1n) is 3.51. The van der Waals surface area contributed by atoms with Gasteiger partial charge >= 0.3 is 29.6 Å². The van der Waals surface area contributed by atoms with Crippen molar-refractivity contribution in [3.63, 3.8) is 0 Å². The molecular formula is C7H19NaOSi. The summed E-state index contributed by atoms with van der Waals surface area (Å²) in [6.45, 7) is 6.61. The first kappa shape index (κ1) is 17.3. The van der Waals surface area contributed by atoms with Crippen LogP contribution in [0, 0.1) is 5.92 Å². The Morgan fingerprint density at radius 2 is 1.70 bits per heavy atom. The van der Waals surface area contributed by atoms with Gasteiger partial charge in [0.25, 0.3) is 0 Å². The Balaban J connectivity index is -0.000000149. The minimum absolute atomic E-state index is 0. The van der Waals surface area contributed by atoms with E-state index in [1.165, 1.54) is 19.3 Å². The van der Waals surface area contributed by atoms with Crippen LogP contribution in [-0.4, -0.2) is 15.3 Å². The van der Waals surface area contributed by atoms with E-state index in [2.05, 4.69) is 20.8 Å². The van der Waals surface area contributed by atoms with Crippen LogP contribution in [0.5, 0.6) is 0 Å². The number of hydrogen-bond acceptors (Lipinski definition) is 1. The third-order valence-electron chi connectivity index (χ3n) is 1.03. The molecule has 0 spiro atoms. The van der Waals surface area contributed by atoms with Crippen LogP contribution < -0.4 is 29.6 Å². The van der Waals surface area contributed by atoms with E-state index in [0.717, 1.165) is 0 Å². The third kappa shape index (κ3) is 22.9. The predicted octanol–water partition coefficient (Wildman–Crippen LogP) is -1.95. The monoisotopic (exact) mass is 170 g/mol. The van der Waals surface area contributed by atoms with Crippen LogP contribution >= 0.6 is 0 Å². The second-order valence-electron chi connectivity index (χ2n) is 2.31. The van der Waals surface area contributed by atoms with E-state index >= 15 is 0 Å². The van der Waals surface area contributed by atoms with Crippen molar-refractivity contribution >= 4 is 10.5 Å². The Labute approximate surface area is 90.4 Å². The van der Waals surface area contributed by atoms with Crippen LogP contribution in [0.25, 0.3) is 0 Å². The van der Waals surface area contributed by atoms with Gasteiger partial charge in [-0.05, 0) is 0 Å². The molecule has 1 N–H and O–H groups in total. The molecule has 0 rings (SSSR count). The molecule has 0 atom stereocenters. The maximum absolute atomic E-state index is 7.14. The fourth-order valence-corrected chi connectivity index (χ4v) is 0.530. The summed E-state index contributed by atoms with van der Waals surface area (Å²) >= 11 is 0. The average molecular weight is 170 g/mol. The van der Waals surface area contributed by atoms with Gasteiger partial charge in [0.1, 0.15) is 10.5 Å². The maximum atomic E-state index is 7.14. The van der Waals surface area contributed by atoms with Gasteiger partial charge in [-0.2, -0.15) is 20.3 Å². The molecule has 0 heterocycles. The van der Waals surface area contributed by atoms with Gasteiger partial charge in [-0.3, -0.25) is 0 Å². The second-order valence-corrected chi connectivity index (χ2v) is 2.31. The van der Waals surface area contributed by atoms with Gasteiger partial charge in [-0.15, -0.1) is 0 Å². The van der Waals surface area contributed by atoms with Crippen molar-refractivity contribution in [3.8, 4) is 0 Å². The summed E-state index contributed by atoms with van der Waals surface area (Å²) in [7, 11) is 0.306. The molecule has 0 amide bonds. The van der Waals surface area contributed by atoms with Crippen molar-refractivity contribution in [2.75, 3.05) is 0 Å². The van der Waals surface area contributed by atoms with Crippen molar-refractivity contribution in [3.05, 3.63) is 5.92 Å². The standard InChI is InChI=1S/C7H15.Na.H4OSi/c1-4-5-6-7(2)3;;1-2/h4-6H2,1-3H3;;1H,2H3/q-1;+1;. The summed E-state index contributed by atoms with van der Waals surface area (Å²) < 4.78 is 0. The van der Waals surface area contributed by atoms with E-state index in [0.29, 0.717) is 10.5 Å². The molecule has 0 aromatic heterocycles. The third-order valence-corrected chi connectivity index (χ3v) is 1.03. The summed E-state index contributed by atoms with van der Waals surface area (Å²) in [5.74, 6) is 1.56. The molecule has 58 valence electrons. The first-order chi connectivity index (χ1) is 4.27. The van der Waals surface area contributed by atoms with Gasteiger partial charge in [0, 0.05) is 0 Å². The van der Waals surface area contributed by atoms with E-state index in [1.54, 1.807) is 5.92 Å². The fourth-order valence-electron chi connectivity index (χ4n) is 0.530.